The zero-order chi connectivity index (χ0) is 24.9. The van der Waals surface area contributed by atoms with Crippen LogP contribution in [0.4, 0.5) is 15.6 Å². The quantitative estimate of drug-likeness (QED) is 0.514. The Balaban J connectivity index is 1.46. The second-order valence-electron chi connectivity index (χ2n) is 9.35. The van der Waals surface area contributed by atoms with Crippen molar-refractivity contribution in [2.45, 2.75) is 63.9 Å². The van der Waals surface area contributed by atoms with E-state index < -0.39 is 21.7 Å². The molecule has 1 aliphatic rings. The van der Waals surface area contributed by atoms with E-state index in [0.29, 0.717) is 23.2 Å². The second-order valence-corrected chi connectivity index (χ2v) is 12.2. The van der Waals surface area contributed by atoms with Crippen molar-refractivity contribution in [3.05, 3.63) is 29.3 Å². The number of nitrogens with one attached hydrogen (secondary N) is 3. The van der Waals surface area contributed by atoms with Crippen LogP contribution in [0.1, 0.15) is 51.5 Å². The summed E-state index contributed by atoms with van der Waals surface area (Å²) in [5.41, 5.74) is 0.000745. The van der Waals surface area contributed by atoms with Crippen molar-refractivity contribution in [1.82, 2.24) is 15.5 Å². The molecule has 186 valence electrons. The van der Waals surface area contributed by atoms with Gasteiger partial charge >= 0.3 is 6.09 Å². The summed E-state index contributed by atoms with van der Waals surface area (Å²) >= 11 is 1.15. The van der Waals surface area contributed by atoms with Crippen LogP contribution in [0, 0.1) is 18.8 Å². The van der Waals surface area contributed by atoms with Gasteiger partial charge in [-0.05, 0) is 83.6 Å². The first-order valence-corrected chi connectivity index (χ1v) is 13.4. The molecule has 0 unspecified atom stereocenters. The number of hydrogen-bond donors (Lipinski definition) is 3. The maximum absolute atomic E-state index is 12.7. The molecule has 0 saturated heterocycles. The summed E-state index contributed by atoms with van der Waals surface area (Å²) in [5, 5.41) is 14.1. The van der Waals surface area contributed by atoms with E-state index >= 15 is 0 Å². The Morgan fingerprint density at radius 2 is 1.74 bits per heavy atom. The largest absolute Gasteiger partial charge is 0.444 e. The number of carbonyl (C=O) groups is 2. The molecule has 1 aliphatic carbocycles. The van der Waals surface area contributed by atoms with Crippen LogP contribution in [0.25, 0.3) is 0 Å². The highest BCUT2D eigenvalue weighted by atomic mass is 32.2. The smallest absolute Gasteiger partial charge is 0.407 e. The molecule has 1 saturated carbocycles. The first kappa shape index (κ1) is 25.9. The second kappa shape index (κ2) is 10.7. The van der Waals surface area contributed by atoms with Gasteiger partial charge in [-0.15, -0.1) is 10.2 Å². The summed E-state index contributed by atoms with van der Waals surface area (Å²) in [7, 11) is -3.79. The summed E-state index contributed by atoms with van der Waals surface area (Å²) in [5.74, 6) is 0.102. The van der Waals surface area contributed by atoms with Gasteiger partial charge in [-0.3, -0.25) is 9.52 Å². The molecular formula is C22H31N5O5S2. The molecule has 12 heteroatoms. The topological polar surface area (TPSA) is 139 Å². The Hall–Kier alpha value is -2.73. The van der Waals surface area contributed by atoms with E-state index in [1.807, 2.05) is 20.8 Å². The number of alkyl carbamates (subject to hydrolysis) is 1. The third-order valence-electron chi connectivity index (χ3n) is 5.33. The van der Waals surface area contributed by atoms with Crippen molar-refractivity contribution >= 4 is 44.2 Å². The van der Waals surface area contributed by atoms with Crippen molar-refractivity contribution in [3.63, 3.8) is 0 Å². The van der Waals surface area contributed by atoms with Crippen LogP contribution < -0.4 is 15.4 Å². The third kappa shape index (κ3) is 7.66. The number of aryl methyl sites for hydroxylation is 1. The first-order valence-electron chi connectivity index (χ1n) is 11.1. The Morgan fingerprint density at radius 1 is 1.09 bits per heavy atom. The molecule has 10 nitrogen and oxygen atoms in total. The normalized spacial score (nSPS) is 18.7. The lowest BCUT2D eigenvalue weighted by atomic mass is 9.81. The van der Waals surface area contributed by atoms with Crippen molar-refractivity contribution in [2.75, 3.05) is 16.6 Å². The van der Waals surface area contributed by atoms with Crippen LogP contribution in [-0.2, 0) is 19.6 Å². The molecule has 2 aromatic rings. The van der Waals surface area contributed by atoms with Crippen LogP contribution in [-0.4, -0.2) is 42.8 Å². The number of nitrogens with zero attached hydrogens (tertiary/aromatic N) is 2. The number of sulfonamides is 1. The van der Waals surface area contributed by atoms with Gasteiger partial charge < -0.3 is 15.4 Å². The highest BCUT2D eigenvalue weighted by molar-refractivity contribution is 7.93. The van der Waals surface area contributed by atoms with Gasteiger partial charge in [0.25, 0.3) is 10.0 Å². The lowest BCUT2D eigenvalue weighted by Gasteiger charge is -2.28. The van der Waals surface area contributed by atoms with E-state index in [1.54, 1.807) is 19.1 Å². The van der Waals surface area contributed by atoms with E-state index in [4.69, 9.17) is 4.74 Å². The van der Waals surface area contributed by atoms with Gasteiger partial charge in [-0.2, -0.15) is 0 Å². The fourth-order valence-corrected chi connectivity index (χ4v) is 5.47. The number of amides is 2. The zero-order valence-electron chi connectivity index (χ0n) is 19.8. The number of aromatic nitrogens is 2. The van der Waals surface area contributed by atoms with Crippen LogP contribution in [0.2, 0.25) is 0 Å². The highest BCUT2D eigenvalue weighted by Crippen LogP contribution is 2.29. The van der Waals surface area contributed by atoms with Gasteiger partial charge in [-0.25, -0.2) is 13.2 Å². The maximum atomic E-state index is 12.7. The van der Waals surface area contributed by atoms with Gasteiger partial charge in [0.05, 0.1) is 4.90 Å². The fraction of sp³-hybridized carbons (Fsp3) is 0.545. The van der Waals surface area contributed by atoms with Crippen LogP contribution >= 0.6 is 11.3 Å². The molecule has 0 spiro atoms. The van der Waals surface area contributed by atoms with Crippen molar-refractivity contribution in [1.29, 1.82) is 0 Å². The van der Waals surface area contributed by atoms with Gasteiger partial charge in [0, 0.05) is 18.2 Å². The maximum Gasteiger partial charge on any atom is 0.407 e. The molecule has 2 amide bonds. The molecule has 1 fully saturated rings. The number of hydrogen-bond acceptors (Lipinski definition) is 8. The van der Waals surface area contributed by atoms with Gasteiger partial charge in [0.1, 0.15) is 10.6 Å². The van der Waals surface area contributed by atoms with E-state index in [-0.39, 0.29) is 21.9 Å². The molecule has 1 heterocycles. The Kier molecular flexibility index (Phi) is 8.13. The highest BCUT2D eigenvalue weighted by Gasteiger charge is 2.27. The number of rotatable bonds is 7. The minimum absolute atomic E-state index is 0.0661. The molecule has 0 radical (unpaired) electrons. The predicted octanol–water partition coefficient (Wildman–Crippen LogP) is 3.92. The minimum atomic E-state index is -3.79. The molecule has 1 aromatic carbocycles. The number of ether oxygens (including phenoxy) is 1. The number of carbonyl (C=O) groups excluding carboxylic acids is 2. The Bertz CT molecular complexity index is 1100. The van der Waals surface area contributed by atoms with Crippen molar-refractivity contribution in [2.24, 2.45) is 11.8 Å². The van der Waals surface area contributed by atoms with Gasteiger partial charge in [0.2, 0.25) is 11.0 Å². The summed E-state index contributed by atoms with van der Waals surface area (Å²) in [6.45, 7) is 7.73. The SMILES string of the molecule is Cc1nnc(NS(=O)(=O)c2ccc(NC(=O)C3CCC(CNC(=O)OC(C)(C)C)CC3)cc2)s1. The summed E-state index contributed by atoms with van der Waals surface area (Å²) in [6, 6.07) is 6.00. The average molecular weight is 510 g/mol. The van der Waals surface area contributed by atoms with Crippen LogP contribution in [0.3, 0.4) is 0 Å². The molecule has 34 heavy (non-hydrogen) atoms. The van der Waals surface area contributed by atoms with E-state index in [0.717, 1.165) is 37.0 Å². The monoisotopic (exact) mass is 509 g/mol. The zero-order valence-corrected chi connectivity index (χ0v) is 21.4. The number of anilines is 2. The molecule has 1 aromatic heterocycles. The van der Waals surface area contributed by atoms with E-state index in [1.165, 1.54) is 12.1 Å². The van der Waals surface area contributed by atoms with Gasteiger partial charge in [-0.1, -0.05) is 11.3 Å². The molecule has 0 aliphatic heterocycles. The predicted molar refractivity (Wildman–Crippen MR) is 130 cm³/mol. The minimum Gasteiger partial charge on any atom is -0.444 e. The van der Waals surface area contributed by atoms with Gasteiger partial charge in [0.15, 0.2) is 0 Å². The lowest BCUT2D eigenvalue weighted by Crippen LogP contribution is -2.37. The lowest BCUT2D eigenvalue weighted by molar-refractivity contribution is -0.121. The molecule has 3 N–H and O–H groups in total. The van der Waals surface area contributed by atoms with Crippen molar-refractivity contribution < 1.29 is 22.7 Å². The molecule has 0 atom stereocenters. The third-order valence-corrected chi connectivity index (χ3v) is 7.57. The molecule has 3 rings (SSSR count). The van der Waals surface area contributed by atoms with E-state index in [2.05, 4.69) is 25.6 Å². The standard InChI is InChI=1S/C22H31N5O5S2/c1-14-25-26-20(33-14)27-34(30,31)18-11-9-17(10-12-18)24-19(28)16-7-5-15(6-8-16)13-23-21(29)32-22(2,3)4/h9-12,15-16H,5-8,13H2,1-4H3,(H,23,29)(H,24,28)(H,26,27). The van der Waals surface area contributed by atoms with Crippen LogP contribution in [0.15, 0.2) is 29.2 Å². The fourth-order valence-electron chi connectivity index (χ4n) is 3.64. The molecule has 0 bridgehead atoms. The molecular weight excluding hydrogens is 478 g/mol. The summed E-state index contributed by atoms with van der Waals surface area (Å²) < 4.78 is 32.6. The first-order chi connectivity index (χ1) is 15.9. The summed E-state index contributed by atoms with van der Waals surface area (Å²) in [6.07, 6.45) is 2.70. The van der Waals surface area contributed by atoms with Crippen LogP contribution in [0.5, 0.6) is 0 Å². The number of benzene rings is 1. The Labute approximate surface area is 203 Å². The van der Waals surface area contributed by atoms with E-state index in [9.17, 15) is 18.0 Å². The summed E-state index contributed by atoms with van der Waals surface area (Å²) in [4.78, 5) is 24.6. The van der Waals surface area contributed by atoms with Crippen molar-refractivity contribution in [3.8, 4) is 0 Å². The Morgan fingerprint density at radius 3 is 2.29 bits per heavy atom. The average Bonchev–Trinajstić information content (AvgIpc) is 3.15.